The second-order valence-corrected chi connectivity index (χ2v) is 4.64. The Labute approximate surface area is 116 Å². The van der Waals surface area contributed by atoms with Crippen LogP contribution in [-0.4, -0.2) is 17.6 Å². The Morgan fingerprint density at radius 3 is 2.83 bits per heavy atom. The Kier molecular flexibility index (Phi) is 4.00. The first kappa shape index (κ1) is 13.1. The Balaban J connectivity index is 2.22. The zero-order valence-electron chi connectivity index (χ0n) is 8.85. The molecule has 0 atom stereocenters. The summed E-state index contributed by atoms with van der Waals surface area (Å²) in [5.41, 5.74) is 1.76. The molecule has 0 radical (unpaired) electrons. The molecule has 2 rings (SSSR count). The van der Waals surface area contributed by atoms with Crippen LogP contribution in [0.1, 0.15) is 0 Å². The molecule has 1 heterocycles. The number of halogens is 2. The van der Waals surface area contributed by atoms with Gasteiger partial charge in [-0.3, -0.25) is 0 Å². The molecule has 0 aromatic heterocycles. The van der Waals surface area contributed by atoms with Gasteiger partial charge in [-0.25, -0.2) is 4.79 Å². The molecular formula is C10H7Cl2N3O2S. The highest BCUT2D eigenvalue weighted by Crippen LogP contribution is 2.47. The summed E-state index contributed by atoms with van der Waals surface area (Å²) >= 11 is 13.1. The standard InChI is InChI=1S/C10H7Cl2N3O2S/c11-5-4-6(12)9-10(15-18-14-9)8(5)13-3-1-2-7(16)17/h1-2,4,13H,3H2,(H,16,17)/b2-1+. The van der Waals surface area contributed by atoms with Crippen LogP contribution in [0.2, 0.25) is 10.0 Å². The van der Waals surface area contributed by atoms with Crippen LogP contribution in [0.25, 0.3) is 0 Å². The van der Waals surface area contributed by atoms with Gasteiger partial charge >= 0.3 is 5.97 Å². The minimum Gasteiger partial charge on any atom is -0.478 e. The van der Waals surface area contributed by atoms with Crippen LogP contribution in [0.3, 0.4) is 0 Å². The van der Waals surface area contributed by atoms with Crippen LogP contribution >= 0.6 is 23.2 Å². The van der Waals surface area contributed by atoms with E-state index in [9.17, 15) is 4.79 Å². The molecule has 0 aliphatic carbocycles. The summed E-state index contributed by atoms with van der Waals surface area (Å²) in [5.74, 6) is -1.00. The predicted molar refractivity (Wildman–Crippen MR) is 73.3 cm³/mol. The molecule has 94 valence electrons. The quantitative estimate of drug-likeness (QED) is 0.844. The topological polar surface area (TPSA) is 74.0 Å². The van der Waals surface area contributed by atoms with Gasteiger partial charge in [0.25, 0.3) is 0 Å². The van der Waals surface area contributed by atoms with Crippen molar-refractivity contribution in [1.82, 2.24) is 0 Å². The number of nitrogens with zero attached hydrogens (tertiary/aromatic N) is 2. The van der Waals surface area contributed by atoms with E-state index in [0.717, 1.165) is 17.4 Å². The van der Waals surface area contributed by atoms with Gasteiger partial charge in [-0.15, -0.1) is 0 Å². The lowest BCUT2D eigenvalue weighted by molar-refractivity contribution is -0.131. The van der Waals surface area contributed by atoms with Gasteiger partial charge in [0, 0.05) is 12.6 Å². The third-order valence-corrected chi connectivity index (χ3v) is 3.22. The van der Waals surface area contributed by atoms with E-state index in [1.165, 1.54) is 6.08 Å². The highest BCUT2D eigenvalue weighted by Gasteiger charge is 2.17. The lowest BCUT2D eigenvalue weighted by Crippen LogP contribution is -2.00. The maximum absolute atomic E-state index is 10.3. The van der Waals surface area contributed by atoms with Crippen molar-refractivity contribution in [3.8, 4) is 0 Å². The molecule has 18 heavy (non-hydrogen) atoms. The van der Waals surface area contributed by atoms with E-state index in [2.05, 4.69) is 14.0 Å². The van der Waals surface area contributed by atoms with Crippen LogP contribution in [0.5, 0.6) is 0 Å². The molecule has 0 fully saturated rings. The van der Waals surface area contributed by atoms with Gasteiger partial charge in [0.1, 0.15) is 11.4 Å². The van der Waals surface area contributed by atoms with Crippen molar-refractivity contribution in [1.29, 1.82) is 0 Å². The Morgan fingerprint density at radius 1 is 1.39 bits per heavy atom. The highest BCUT2D eigenvalue weighted by molar-refractivity contribution is 7.58. The maximum Gasteiger partial charge on any atom is 0.328 e. The number of carboxylic acid groups (broad SMARTS) is 1. The molecule has 1 aliphatic heterocycles. The molecule has 1 aliphatic rings. The minimum atomic E-state index is -1.00. The number of carbonyl (C=O) groups is 1. The molecule has 0 spiro atoms. The average molecular weight is 304 g/mol. The molecule has 0 amide bonds. The normalized spacial score (nSPS) is 12.6. The van der Waals surface area contributed by atoms with Crippen molar-refractivity contribution < 1.29 is 9.90 Å². The Bertz CT molecular complexity index is 610. The number of carboxylic acids is 1. The molecule has 5 nitrogen and oxygen atoms in total. The monoisotopic (exact) mass is 303 g/mol. The summed E-state index contributed by atoms with van der Waals surface area (Å²) < 4.78 is 8.18. The van der Waals surface area contributed by atoms with Crippen molar-refractivity contribution in [2.24, 2.45) is 8.73 Å². The molecule has 0 saturated heterocycles. The fourth-order valence-electron chi connectivity index (χ4n) is 1.36. The summed E-state index contributed by atoms with van der Waals surface area (Å²) in [6.07, 6.45) is 2.52. The van der Waals surface area contributed by atoms with Crippen molar-refractivity contribution in [3.63, 3.8) is 0 Å². The van der Waals surface area contributed by atoms with E-state index >= 15 is 0 Å². The van der Waals surface area contributed by atoms with Gasteiger partial charge in [-0.2, -0.15) is 8.73 Å². The van der Waals surface area contributed by atoms with Crippen molar-refractivity contribution in [2.45, 2.75) is 0 Å². The molecule has 0 saturated carbocycles. The zero-order valence-corrected chi connectivity index (χ0v) is 11.2. The Hall–Kier alpha value is -1.37. The second kappa shape index (κ2) is 5.51. The van der Waals surface area contributed by atoms with Gasteiger partial charge in [-0.05, 0) is 6.07 Å². The smallest absolute Gasteiger partial charge is 0.328 e. The lowest BCUT2D eigenvalue weighted by atomic mass is 10.2. The van der Waals surface area contributed by atoms with E-state index in [-0.39, 0.29) is 0 Å². The molecular weight excluding hydrogens is 297 g/mol. The highest BCUT2D eigenvalue weighted by atomic mass is 35.5. The van der Waals surface area contributed by atoms with E-state index < -0.39 is 5.97 Å². The van der Waals surface area contributed by atoms with Gasteiger partial charge in [-0.1, -0.05) is 29.3 Å². The fourth-order valence-corrected chi connectivity index (χ4v) is 2.54. The van der Waals surface area contributed by atoms with Crippen molar-refractivity contribution in [3.05, 3.63) is 28.3 Å². The SMILES string of the molecule is O=C(O)/C=C/CNc1c(Cl)cc(Cl)c2c1N=S=N2. The van der Waals surface area contributed by atoms with Crippen LogP contribution in [0.15, 0.2) is 26.9 Å². The van der Waals surface area contributed by atoms with E-state index in [1.54, 1.807) is 6.07 Å². The van der Waals surface area contributed by atoms with Crippen molar-refractivity contribution >= 4 is 57.6 Å². The first-order valence-corrected chi connectivity index (χ1v) is 6.32. The van der Waals surface area contributed by atoms with Gasteiger partial charge < -0.3 is 10.4 Å². The van der Waals surface area contributed by atoms with E-state index in [4.69, 9.17) is 28.3 Å². The first-order chi connectivity index (χ1) is 8.59. The number of hydrogen-bond donors (Lipinski definition) is 2. The van der Waals surface area contributed by atoms with Gasteiger partial charge in [0.15, 0.2) is 0 Å². The molecule has 8 heteroatoms. The van der Waals surface area contributed by atoms with Crippen LogP contribution in [-0.2, 0) is 16.1 Å². The number of rotatable bonds is 4. The number of fused-ring (bicyclic) bond motifs is 1. The van der Waals surface area contributed by atoms with E-state index in [0.29, 0.717) is 33.7 Å². The summed E-state index contributed by atoms with van der Waals surface area (Å²) in [6.45, 7) is 0.320. The average Bonchev–Trinajstić information content (AvgIpc) is 2.76. The molecule has 1 aromatic carbocycles. The number of hydrogen-bond acceptors (Lipinski definition) is 4. The van der Waals surface area contributed by atoms with Crippen LogP contribution in [0.4, 0.5) is 17.1 Å². The summed E-state index contributed by atoms with van der Waals surface area (Å²) in [7, 11) is 0. The lowest BCUT2D eigenvalue weighted by Gasteiger charge is -2.10. The number of aliphatic carboxylic acids is 1. The number of benzene rings is 1. The van der Waals surface area contributed by atoms with Crippen LogP contribution in [0, 0.1) is 0 Å². The zero-order chi connectivity index (χ0) is 13.1. The maximum atomic E-state index is 10.3. The molecule has 0 unspecified atom stereocenters. The predicted octanol–water partition coefficient (Wildman–Crippen LogP) is 3.77. The largest absolute Gasteiger partial charge is 0.478 e. The number of nitrogens with one attached hydrogen (secondary N) is 1. The summed E-state index contributed by atoms with van der Waals surface area (Å²) in [4.78, 5) is 10.3. The van der Waals surface area contributed by atoms with Crippen LogP contribution < -0.4 is 5.32 Å². The van der Waals surface area contributed by atoms with E-state index in [1.807, 2.05) is 0 Å². The third-order valence-electron chi connectivity index (χ3n) is 2.10. The molecule has 2 N–H and O–H groups in total. The summed E-state index contributed by atoms with van der Waals surface area (Å²) in [5, 5.41) is 12.3. The molecule has 0 bridgehead atoms. The fraction of sp³-hybridized carbons (Fsp3) is 0.100. The first-order valence-electron chi connectivity index (χ1n) is 4.83. The van der Waals surface area contributed by atoms with Crippen molar-refractivity contribution in [2.75, 3.05) is 11.9 Å². The number of anilines is 1. The molecule has 1 aromatic rings. The Morgan fingerprint density at radius 2 is 2.11 bits per heavy atom. The third kappa shape index (κ3) is 2.72. The summed E-state index contributed by atoms with van der Waals surface area (Å²) in [6, 6.07) is 1.58. The minimum absolute atomic E-state index is 0.320. The second-order valence-electron chi connectivity index (χ2n) is 3.30. The van der Waals surface area contributed by atoms with Gasteiger partial charge in [0.2, 0.25) is 0 Å². The van der Waals surface area contributed by atoms with Gasteiger partial charge in [0.05, 0.1) is 27.1 Å².